The summed E-state index contributed by atoms with van der Waals surface area (Å²) in [6.45, 7) is 4.48. The molecule has 1 aliphatic rings. The number of hydrogen-bond donors (Lipinski definition) is 0. The van der Waals surface area contributed by atoms with Gasteiger partial charge in [-0.3, -0.25) is 0 Å². The van der Waals surface area contributed by atoms with Crippen LogP contribution in [0, 0.1) is 0 Å². The van der Waals surface area contributed by atoms with Gasteiger partial charge in [-0.2, -0.15) is 0 Å². The molecule has 0 fully saturated rings. The standard InChI is InChI=1S/C18H21O2P/c1-3-4-8-14-9-7-12-17-18(14)13(2)15-10-5-6-11-16(15)19-21-20-17/h5-7,9-13,21H,3-4,8H2,1-2H3. The van der Waals surface area contributed by atoms with Crippen LogP contribution in [0.1, 0.15) is 49.3 Å². The summed E-state index contributed by atoms with van der Waals surface area (Å²) >= 11 is 0. The molecule has 1 aliphatic heterocycles. The zero-order chi connectivity index (χ0) is 14.7. The molecule has 0 saturated carbocycles. The summed E-state index contributed by atoms with van der Waals surface area (Å²) < 4.78 is 11.7. The summed E-state index contributed by atoms with van der Waals surface area (Å²) in [5.74, 6) is 2.21. The quantitative estimate of drug-likeness (QED) is 0.701. The SMILES string of the molecule is CCCCc1cccc2c1C(C)c1ccccc1OPO2. The van der Waals surface area contributed by atoms with E-state index in [1.54, 1.807) is 0 Å². The largest absolute Gasteiger partial charge is 0.440 e. The second-order valence-corrected chi connectivity index (χ2v) is 6.05. The molecule has 2 unspecified atom stereocenters. The van der Waals surface area contributed by atoms with Crippen molar-refractivity contribution in [1.82, 2.24) is 0 Å². The van der Waals surface area contributed by atoms with Gasteiger partial charge in [0.05, 0.1) is 0 Å². The van der Waals surface area contributed by atoms with Crippen molar-refractivity contribution in [2.75, 3.05) is 0 Å². The fraction of sp³-hybridized carbons (Fsp3) is 0.333. The Kier molecular flexibility index (Phi) is 4.45. The number of aryl methyl sites for hydroxylation is 1. The third-order valence-corrected chi connectivity index (χ3v) is 4.68. The maximum atomic E-state index is 5.88. The lowest BCUT2D eigenvalue weighted by molar-refractivity contribution is 0.493. The van der Waals surface area contributed by atoms with Crippen LogP contribution in [0.2, 0.25) is 0 Å². The summed E-state index contributed by atoms with van der Waals surface area (Å²) in [4.78, 5) is 0. The zero-order valence-electron chi connectivity index (χ0n) is 12.6. The number of benzene rings is 2. The first-order chi connectivity index (χ1) is 10.3. The zero-order valence-corrected chi connectivity index (χ0v) is 13.6. The van der Waals surface area contributed by atoms with E-state index in [-0.39, 0.29) is 15.0 Å². The van der Waals surface area contributed by atoms with E-state index < -0.39 is 0 Å². The molecule has 0 saturated heterocycles. The molecule has 0 bridgehead atoms. The second kappa shape index (κ2) is 6.49. The Labute approximate surface area is 128 Å². The van der Waals surface area contributed by atoms with Crippen LogP contribution >= 0.6 is 9.03 Å². The van der Waals surface area contributed by atoms with Crippen molar-refractivity contribution in [3.63, 3.8) is 0 Å². The van der Waals surface area contributed by atoms with Gasteiger partial charge in [-0.15, -0.1) is 0 Å². The highest BCUT2D eigenvalue weighted by Gasteiger charge is 2.23. The number of para-hydroxylation sites is 1. The Morgan fingerprint density at radius 2 is 1.76 bits per heavy atom. The van der Waals surface area contributed by atoms with Crippen molar-refractivity contribution in [1.29, 1.82) is 0 Å². The lowest BCUT2D eigenvalue weighted by Crippen LogP contribution is -2.07. The Hall–Kier alpha value is -1.53. The summed E-state index contributed by atoms with van der Waals surface area (Å²) in [5, 5.41) is 0. The first kappa shape index (κ1) is 14.4. The third-order valence-electron chi connectivity index (χ3n) is 4.08. The van der Waals surface area contributed by atoms with Crippen LogP contribution < -0.4 is 9.05 Å². The molecule has 0 aliphatic carbocycles. The van der Waals surface area contributed by atoms with Crippen molar-refractivity contribution >= 4 is 9.03 Å². The van der Waals surface area contributed by atoms with Gasteiger partial charge in [0.1, 0.15) is 11.5 Å². The molecule has 0 radical (unpaired) electrons. The molecule has 21 heavy (non-hydrogen) atoms. The monoisotopic (exact) mass is 300 g/mol. The molecule has 0 amide bonds. The van der Waals surface area contributed by atoms with Crippen molar-refractivity contribution in [2.24, 2.45) is 0 Å². The number of unbranched alkanes of at least 4 members (excludes halogenated alkanes) is 1. The summed E-state index contributed by atoms with van der Waals surface area (Å²) in [6, 6.07) is 14.7. The van der Waals surface area contributed by atoms with Gasteiger partial charge in [0.15, 0.2) is 0 Å². The molecule has 2 atom stereocenters. The van der Waals surface area contributed by atoms with Gasteiger partial charge >= 0.3 is 0 Å². The van der Waals surface area contributed by atoms with E-state index in [1.807, 2.05) is 12.1 Å². The van der Waals surface area contributed by atoms with Gasteiger partial charge in [-0.25, -0.2) is 0 Å². The van der Waals surface area contributed by atoms with Crippen LogP contribution in [0.4, 0.5) is 0 Å². The van der Waals surface area contributed by atoms with E-state index >= 15 is 0 Å². The van der Waals surface area contributed by atoms with Gasteiger partial charge < -0.3 is 9.05 Å². The van der Waals surface area contributed by atoms with Crippen molar-refractivity contribution in [3.05, 3.63) is 59.2 Å². The van der Waals surface area contributed by atoms with Gasteiger partial charge in [-0.05, 0) is 30.5 Å². The Balaban J connectivity index is 2.08. The highest BCUT2D eigenvalue weighted by molar-refractivity contribution is 7.27. The van der Waals surface area contributed by atoms with Crippen LogP contribution in [0.15, 0.2) is 42.5 Å². The van der Waals surface area contributed by atoms with Crippen LogP contribution in [-0.4, -0.2) is 0 Å². The average molecular weight is 300 g/mol. The first-order valence-electron chi connectivity index (χ1n) is 7.60. The number of hydrogen-bond acceptors (Lipinski definition) is 2. The van der Waals surface area contributed by atoms with E-state index in [4.69, 9.17) is 9.05 Å². The lowest BCUT2D eigenvalue weighted by atomic mass is 9.87. The highest BCUT2D eigenvalue weighted by atomic mass is 31.1. The lowest BCUT2D eigenvalue weighted by Gasteiger charge is -2.25. The Morgan fingerprint density at radius 1 is 1.00 bits per heavy atom. The molecular weight excluding hydrogens is 279 g/mol. The normalized spacial score (nSPS) is 17.9. The van der Waals surface area contributed by atoms with Crippen LogP contribution in [0.3, 0.4) is 0 Å². The smallest absolute Gasteiger partial charge is 0.275 e. The van der Waals surface area contributed by atoms with Crippen molar-refractivity contribution in [3.8, 4) is 11.5 Å². The minimum Gasteiger partial charge on any atom is -0.440 e. The summed E-state index contributed by atoms with van der Waals surface area (Å²) in [6.07, 6.45) is 3.53. The molecule has 0 spiro atoms. The predicted octanol–water partition coefficient (Wildman–Crippen LogP) is 5.46. The predicted molar refractivity (Wildman–Crippen MR) is 88.6 cm³/mol. The minimum atomic E-state index is 0.0127. The summed E-state index contributed by atoms with van der Waals surface area (Å²) in [5.41, 5.74) is 3.98. The molecule has 3 heteroatoms. The topological polar surface area (TPSA) is 18.5 Å². The fourth-order valence-corrected chi connectivity index (χ4v) is 3.54. The summed E-state index contributed by atoms with van der Waals surface area (Å²) in [7, 11) is 0.0127. The van der Waals surface area contributed by atoms with Gasteiger partial charge in [0, 0.05) is 17.0 Å². The molecule has 2 nitrogen and oxygen atoms in total. The van der Waals surface area contributed by atoms with Gasteiger partial charge in [0.2, 0.25) is 0 Å². The molecule has 0 N–H and O–H groups in total. The van der Waals surface area contributed by atoms with Gasteiger partial charge in [0.25, 0.3) is 9.03 Å². The molecule has 2 aromatic carbocycles. The minimum absolute atomic E-state index is 0.0127. The molecule has 3 rings (SSSR count). The third kappa shape index (κ3) is 2.91. The van der Waals surface area contributed by atoms with Crippen LogP contribution in [-0.2, 0) is 6.42 Å². The maximum Gasteiger partial charge on any atom is 0.275 e. The Morgan fingerprint density at radius 3 is 2.62 bits per heavy atom. The van der Waals surface area contributed by atoms with Crippen molar-refractivity contribution in [2.45, 2.75) is 39.0 Å². The molecular formula is C18H21O2P. The van der Waals surface area contributed by atoms with E-state index in [2.05, 4.69) is 44.2 Å². The Bertz CT molecular complexity index is 624. The molecule has 0 aromatic heterocycles. The number of fused-ring (bicyclic) bond motifs is 2. The molecule has 1 heterocycles. The van der Waals surface area contributed by atoms with Gasteiger partial charge in [-0.1, -0.05) is 50.6 Å². The highest BCUT2D eigenvalue weighted by Crippen LogP contribution is 2.43. The fourth-order valence-electron chi connectivity index (χ4n) is 2.95. The van der Waals surface area contributed by atoms with Crippen LogP contribution in [0.5, 0.6) is 11.5 Å². The average Bonchev–Trinajstić information content (AvgIpc) is 2.51. The van der Waals surface area contributed by atoms with Crippen molar-refractivity contribution < 1.29 is 9.05 Å². The second-order valence-electron chi connectivity index (χ2n) is 5.48. The molecule has 2 aromatic rings. The van der Waals surface area contributed by atoms with E-state index in [9.17, 15) is 0 Å². The number of rotatable bonds is 3. The van der Waals surface area contributed by atoms with Crippen LogP contribution in [0.25, 0.3) is 0 Å². The van der Waals surface area contributed by atoms with E-state index in [1.165, 1.54) is 29.5 Å². The first-order valence-corrected chi connectivity index (χ1v) is 8.42. The molecule has 110 valence electrons. The van der Waals surface area contributed by atoms with E-state index in [0.717, 1.165) is 17.9 Å². The maximum absolute atomic E-state index is 5.88. The van der Waals surface area contributed by atoms with E-state index in [0.29, 0.717) is 0 Å².